The maximum atomic E-state index is 16.2. The topological polar surface area (TPSA) is 235 Å². The smallest absolute Gasteiger partial charge is 0.407 e. The third-order valence-electron chi connectivity index (χ3n) is 17.8. The lowest BCUT2D eigenvalue weighted by molar-refractivity contribution is -0.584. The molecule has 19 heteroatoms. The quantitative estimate of drug-likeness (QED) is 0.0260. The van der Waals surface area contributed by atoms with Gasteiger partial charge < -0.3 is 48.0 Å². The fourth-order valence-corrected chi connectivity index (χ4v) is 16.5. The number of nitrogens with one attached hydrogen (secondary N) is 1. The van der Waals surface area contributed by atoms with Crippen molar-refractivity contribution in [1.29, 1.82) is 0 Å². The fraction of sp³-hybridized carbons (Fsp3) is 0.691. The molecule has 18 nitrogen and oxygen atoms in total. The number of rotatable bonds is 13. The molecule has 0 aromatic heterocycles. The molecule has 4 aliphatic carbocycles. The molecule has 18 atom stereocenters. The maximum Gasteiger partial charge on any atom is 0.407 e. The van der Waals surface area contributed by atoms with Gasteiger partial charge in [0.05, 0.1) is 56.1 Å². The molecule has 1 amide bonds. The zero-order valence-corrected chi connectivity index (χ0v) is 46.2. The molecule has 1 saturated carbocycles. The first-order valence-corrected chi connectivity index (χ1v) is 29.0. The van der Waals surface area contributed by atoms with Gasteiger partial charge in [0.15, 0.2) is 38.0 Å². The number of nitrogens with zero attached hydrogens (tertiary/aromatic N) is 1. The Bertz CT molecular complexity index is 2400. The molecule has 7 aliphatic rings. The summed E-state index contributed by atoms with van der Waals surface area (Å²) in [6.07, 6.45) is 6.59. The summed E-state index contributed by atoms with van der Waals surface area (Å²) in [5.41, 5.74) is -4.47. The number of aliphatic hydroxyl groups is 1. The second-order valence-corrected chi connectivity index (χ2v) is 27.1. The molecule has 1 spiro atoms. The Balaban J connectivity index is 1.35. The molecule has 0 aromatic carbocycles. The fourth-order valence-electron chi connectivity index (χ4n) is 13.6. The van der Waals surface area contributed by atoms with Crippen molar-refractivity contribution in [2.24, 2.45) is 40.9 Å². The van der Waals surface area contributed by atoms with Crippen LogP contribution in [0.4, 0.5) is 4.79 Å². The molecule has 2 N–H and O–H groups in total. The molecule has 0 aromatic rings. The Labute approximate surface area is 435 Å². The van der Waals surface area contributed by atoms with E-state index in [-0.39, 0.29) is 54.8 Å². The van der Waals surface area contributed by atoms with Gasteiger partial charge in [0, 0.05) is 42.4 Å². The minimum Gasteiger partial charge on any atom is -0.453 e. The first-order valence-electron chi connectivity index (χ1n) is 26.4. The molecule has 2 fully saturated rings. The maximum absolute atomic E-state index is 16.2. The Hall–Kier alpha value is -4.63. The third kappa shape index (κ3) is 10.3. The molecular weight excluding hydrogens is 973 g/mol. The number of carbonyl (C=O) groups is 5. The first-order chi connectivity index (χ1) is 34.9. The van der Waals surface area contributed by atoms with Crippen molar-refractivity contribution < 1.29 is 71.6 Å². The summed E-state index contributed by atoms with van der Waals surface area (Å²) in [6, 6.07) is 1.90. The molecule has 0 radical (unpaired) electrons. The van der Waals surface area contributed by atoms with Gasteiger partial charge in [-0.15, -0.1) is 0 Å². The highest BCUT2D eigenvalue weighted by atomic mass is 28.4. The molecule has 7 rings (SSSR count). The summed E-state index contributed by atoms with van der Waals surface area (Å²) in [6.45, 7) is 22.4. The van der Waals surface area contributed by atoms with Gasteiger partial charge in [-0.3, -0.25) is 24.5 Å². The van der Waals surface area contributed by atoms with E-state index in [1.807, 2.05) is 39.0 Å². The number of ether oxygens (including phenoxy) is 7. The Morgan fingerprint density at radius 3 is 2.26 bits per heavy atom. The number of fused-ring (bicyclic) bond motifs is 3. The number of esters is 2. The van der Waals surface area contributed by atoms with Crippen LogP contribution in [-0.2, 0) is 56.8 Å². The molecule has 3 heterocycles. The number of allylic oxidation sites excluding steroid dienone is 2. The third-order valence-corrected chi connectivity index (χ3v) is 22.4. The molecule has 2 bridgehead atoms. The number of hydrogen-bond donors (Lipinski definition) is 2. The second kappa shape index (κ2) is 22.1. The number of nitro groups is 1. The molecule has 0 unspecified atom stereocenters. The van der Waals surface area contributed by atoms with E-state index in [9.17, 15) is 34.4 Å². The number of carbonyl (C=O) groups excluding carboxylic acids is 5. The normalized spacial score (nSPS) is 41.7. The highest BCUT2D eigenvalue weighted by Gasteiger charge is 2.65. The monoisotopic (exact) mass is 1050 g/mol. The number of amides is 1. The first kappa shape index (κ1) is 57.1. The van der Waals surface area contributed by atoms with Crippen molar-refractivity contribution in [3.63, 3.8) is 0 Å². The standard InChI is InChI=1S/C55H78N2O16Si/c1-14-74(15-2,16-3)73-42-21-22-43(67-33(42)8)71-47-32(7)23-31(6)46-37(47)18-19-38-29(4)17-20-41(70-44-27-53(11,57(64)65)48(34(9)68-44)56-52(63)66-13)30(5)24-39-40(60)25-36(28-58)26-55(39)50(69-35(10)59)45(51(62)72-55)49(61)54(38,46)12/h17-19,21-22,24-25,28,31-34,37-44,46-48,60H,14-16,20,23,26-27H2,1-13H3,(H,56,63)/b29-17-,30-24+/t31-,32-,33-,34+,37-,38-,39+,40-,41-,42+,43-,44-,46+,47-,48-,53-,54+,55-/m0/s1. The molecule has 74 heavy (non-hydrogen) atoms. The van der Waals surface area contributed by atoms with Crippen molar-refractivity contribution in [3.8, 4) is 0 Å². The molecule has 3 aliphatic heterocycles. The Morgan fingerprint density at radius 2 is 1.65 bits per heavy atom. The van der Waals surface area contributed by atoms with Gasteiger partial charge in [-0.05, 0) is 99.7 Å². The lowest BCUT2D eigenvalue weighted by Gasteiger charge is -2.56. The van der Waals surface area contributed by atoms with Gasteiger partial charge >= 0.3 is 18.0 Å². The van der Waals surface area contributed by atoms with Crippen LogP contribution < -0.4 is 5.32 Å². The predicted molar refractivity (Wildman–Crippen MR) is 273 cm³/mol. The number of ketones is 1. The summed E-state index contributed by atoms with van der Waals surface area (Å²) >= 11 is 0. The number of aliphatic hydroxyl groups excluding tert-OH is 1. The van der Waals surface area contributed by atoms with Crippen LogP contribution in [-0.4, -0.2) is 122 Å². The lowest BCUT2D eigenvalue weighted by Crippen LogP contribution is -2.65. The molecular formula is C55H78N2O16Si. The van der Waals surface area contributed by atoms with E-state index in [0.29, 0.717) is 18.3 Å². The average molecular weight is 1050 g/mol. The predicted octanol–water partition coefficient (Wildman–Crippen LogP) is 7.93. The van der Waals surface area contributed by atoms with Gasteiger partial charge in [0.1, 0.15) is 17.9 Å². The van der Waals surface area contributed by atoms with Crippen LogP contribution in [0, 0.1) is 51.0 Å². The number of alkyl carbamates (subject to hydrolysis) is 1. The van der Waals surface area contributed by atoms with E-state index in [0.717, 1.165) is 37.7 Å². The number of methoxy groups -OCH3 is 1. The second-order valence-electron chi connectivity index (χ2n) is 22.3. The van der Waals surface area contributed by atoms with Crippen LogP contribution in [0.15, 0.2) is 70.6 Å². The minimum absolute atomic E-state index is 0.00750. The van der Waals surface area contributed by atoms with Crippen LogP contribution in [0.2, 0.25) is 18.1 Å². The van der Waals surface area contributed by atoms with Gasteiger partial charge in [-0.2, -0.15) is 0 Å². The summed E-state index contributed by atoms with van der Waals surface area (Å²) in [4.78, 5) is 81.7. The van der Waals surface area contributed by atoms with Gasteiger partial charge in [-0.25, -0.2) is 9.59 Å². The zero-order chi connectivity index (χ0) is 54.4. The number of hydrogen-bond acceptors (Lipinski definition) is 16. The Kier molecular flexibility index (Phi) is 17.1. The Morgan fingerprint density at radius 1 is 0.959 bits per heavy atom. The van der Waals surface area contributed by atoms with E-state index in [2.05, 4.69) is 52.1 Å². The SMILES string of the molecule is CC[Si](CC)(CC)O[C@@H]1C=C[C@H](O[C@@H]2[C@H]3C=C[C@H]4/C(C)=C\C[C@H](O[C@H]5C[C@](C)([N+](=O)[O-])[C@@H](NC(=O)OC)[C@@H](C)O5)/C(C)=C/[C@@H]5[C@@H](O)C=C(C=O)C[C@]56OC(=O)C(=C6OC(C)=O)C(=O)[C@@]4(C)[C@@H]3[C@@H](C)C[C@@H]2C)O[C@H]1C. The van der Waals surface area contributed by atoms with Crippen molar-refractivity contribution in [2.75, 3.05) is 7.11 Å². The van der Waals surface area contributed by atoms with Crippen molar-refractivity contribution in [1.82, 2.24) is 5.32 Å². The van der Waals surface area contributed by atoms with E-state index >= 15 is 4.79 Å². The number of aldehydes is 1. The van der Waals surface area contributed by atoms with Crippen LogP contribution >= 0.6 is 0 Å². The van der Waals surface area contributed by atoms with Crippen molar-refractivity contribution >= 4 is 38.4 Å². The summed E-state index contributed by atoms with van der Waals surface area (Å²) in [5.74, 6) is -5.80. The molecule has 1 saturated heterocycles. The summed E-state index contributed by atoms with van der Waals surface area (Å²) in [7, 11) is -0.802. The minimum atomic E-state index is -2.06. The van der Waals surface area contributed by atoms with E-state index in [1.54, 1.807) is 19.9 Å². The lowest BCUT2D eigenvalue weighted by atomic mass is 9.48. The van der Waals surface area contributed by atoms with Gasteiger partial charge in [0.25, 0.3) is 0 Å². The van der Waals surface area contributed by atoms with E-state index in [4.69, 9.17) is 37.6 Å². The highest BCUT2D eigenvalue weighted by molar-refractivity contribution is 6.73. The van der Waals surface area contributed by atoms with Crippen LogP contribution in [0.25, 0.3) is 0 Å². The van der Waals surface area contributed by atoms with Gasteiger partial charge in [-0.1, -0.05) is 77.5 Å². The van der Waals surface area contributed by atoms with E-state index in [1.165, 1.54) is 13.0 Å². The zero-order valence-electron chi connectivity index (χ0n) is 45.2. The molecule has 408 valence electrons. The van der Waals surface area contributed by atoms with E-state index < -0.39 is 126 Å². The van der Waals surface area contributed by atoms with Crippen molar-refractivity contribution in [2.45, 2.75) is 193 Å². The van der Waals surface area contributed by atoms with Crippen LogP contribution in [0.5, 0.6) is 0 Å². The summed E-state index contributed by atoms with van der Waals surface area (Å²) in [5, 5.41) is 27.4. The van der Waals surface area contributed by atoms with Gasteiger partial charge in [0.2, 0.25) is 5.54 Å². The van der Waals surface area contributed by atoms with Crippen LogP contribution in [0.1, 0.15) is 109 Å². The van der Waals surface area contributed by atoms with Crippen LogP contribution in [0.3, 0.4) is 0 Å². The van der Waals surface area contributed by atoms with Crippen molar-refractivity contribution in [3.05, 3.63) is 80.7 Å². The average Bonchev–Trinajstić information content (AvgIpc) is 3.61. The number of Topliss-reactive ketones (excluding diaryl/α,β-unsaturated/α-hetero) is 1. The highest BCUT2D eigenvalue weighted by Crippen LogP contribution is 2.60. The summed E-state index contributed by atoms with van der Waals surface area (Å²) < 4.78 is 50.5. The largest absolute Gasteiger partial charge is 0.453 e.